The normalized spacial score (nSPS) is 14.7. The number of rotatable bonds is 5. The fourth-order valence-corrected chi connectivity index (χ4v) is 3.21. The SMILES string of the molecule is Cc1cc(C(=O)NCCN(C)C)c(C=C2C(=O)Nc3ccc(Br)cc32)[nH]1. The van der Waals surface area contributed by atoms with E-state index in [9.17, 15) is 9.59 Å². The number of aryl methyl sites for hydroxylation is 1. The summed E-state index contributed by atoms with van der Waals surface area (Å²) in [5.74, 6) is -0.333. The number of nitrogens with zero attached hydrogens (tertiary/aromatic N) is 1. The van der Waals surface area contributed by atoms with Crippen molar-refractivity contribution < 1.29 is 9.59 Å². The van der Waals surface area contributed by atoms with Crippen LogP contribution in [-0.4, -0.2) is 48.9 Å². The number of aromatic amines is 1. The number of anilines is 1. The molecule has 2 amide bonds. The third-order valence-corrected chi connectivity index (χ3v) is 4.62. The second-order valence-corrected chi connectivity index (χ2v) is 7.46. The molecule has 6 nitrogen and oxygen atoms in total. The Hall–Kier alpha value is -2.38. The Bertz CT molecular complexity index is 899. The van der Waals surface area contributed by atoms with Gasteiger partial charge in [-0.2, -0.15) is 0 Å². The zero-order valence-electron chi connectivity index (χ0n) is 14.9. The Balaban J connectivity index is 1.91. The molecule has 7 heteroatoms. The highest BCUT2D eigenvalue weighted by Gasteiger charge is 2.25. The first-order valence-electron chi connectivity index (χ1n) is 8.30. The van der Waals surface area contributed by atoms with Crippen LogP contribution in [0.15, 0.2) is 28.7 Å². The number of benzene rings is 1. The molecular weight excluding hydrogens is 396 g/mol. The lowest BCUT2D eigenvalue weighted by molar-refractivity contribution is -0.110. The zero-order chi connectivity index (χ0) is 18.8. The van der Waals surface area contributed by atoms with Gasteiger partial charge < -0.3 is 20.5 Å². The summed E-state index contributed by atoms with van der Waals surface area (Å²) in [7, 11) is 3.91. The number of amides is 2. The second kappa shape index (κ2) is 7.47. The van der Waals surface area contributed by atoms with Gasteiger partial charge in [-0.15, -0.1) is 0 Å². The Morgan fingerprint density at radius 1 is 1.31 bits per heavy atom. The smallest absolute Gasteiger partial charge is 0.256 e. The van der Waals surface area contributed by atoms with Gasteiger partial charge in [-0.25, -0.2) is 0 Å². The number of fused-ring (bicyclic) bond motifs is 1. The first kappa shape index (κ1) is 18.4. The molecule has 0 saturated carbocycles. The van der Waals surface area contributed by atoms with Gasteiger partial charge in [0.15, 0.2) is 0 Å². The van der Waals surface area contributed by atoms with Crippen molar-refractivity contribution in [3.8, 4) is 0 Å². The van der Waals surface area contributed by atoms with E-state index in [2.05, 4.69) is 31.5 Å². The summed E-state index contributed by atoms with van der Waals surface area (Å²) in [6.45, 7) is 3.20. The predicted octanol–water partition coefficient (Wildman–Crippen LogP) is 2.87. The molecule has 3 N–H and O–H groups in total. The van der Waals surface area contributed by atoms with Crippen molar-refractivity contribution in [3.05, 3.63) is 51.3 Å². The molecule has 0 atom stereocenters. The van der Waals surface area contributed by atoms with Crippen LogP contribution in [0.4, 0.5) is 5.69 Å². The quantitative estimate of drug-likeness (QED) is 0.655. The monoisotopic (exact) mass is 416 g/mol. The van der Waals surface area contributed by atoms with Gasteiger partial charge in [0.25, 0.3) is 11.8 Å². The highest BCUT2D eigenvalue weighted by molar-refractivity contribution is 9.10. The maximum atomic E-state index is 12.5. The van der Waals surface area contributed by atoms with Crippen LogP contribution >= 0.6 is 15.9 Å². The van der Waals surface area contributed by atoms with E-state index in [1.54, 1.807) is 12.1 Å². The van der Waals surface area contributed by atoms with Gasteiger partial charge in [-0.05, 0) is 51.4 Å². The van der Waals surface area contributed by atoms with Crippen molar-refractivity contribution >= 4 is 45.1 Å². The van der Waals surface area contributed by atoms with Gasteiger partial charge in [0.2, 0.25) is 0 Å². The summed E-state index contributed by atoms with van der Waals surface area (Å²) in [6, 6.07) is 7.43. The van der Waals surface area contributed by atoms with Gasteiger partial charge in [0, 0.05) is 34.5 Å². The Morgan fingerprint density at radius 3 is 2.81 bits per heavy atom. The van der Waals surface area contributed by atoms with E-state index in [0.717, 1.165) is 28.0 Å². The maximum Gasteiger partial charge on any atom is 0.256 e. The van der Waals surface area contributed by atoms with E-state index in [4.69, 9.17) is 0 Å². The summed E-state index contributed by atoms with van der Waals surface area (Å²) in [5.41, 5.74) is 4.14. The van der Waals surface area contributed by atoms with Crippen LogP contribution in [0.2, 0.25) is 0 Å². The van der Waals surface area contributed by atoms with Gasteiger partial charge in [0.05, 0.1) is 16.8 Å². The lowest BCUT2D eigenvalue weighted by Gasteiger charge is -2.10. The molecule has 1 aromatic carbocycles. The Labute approximate surface area is 160 Å². The van der Waals surface area contributed by atoms with E-state index in [1.165, 1.54) is 0 Å². The molecule has 26 heavy (non-hydrogen) atoms. The minimum absolute atomic E-state index is 0.157. The van der Waals surface area contributed by atoms with Crippen molar-refractivity contribution in [2.45, 2.75) is 6.92 Å². The number of halogens is 1. The first-order chi connectivity index (χ1) is 12.3. The summed E-state index contributed by atoms with van der Waals surface area (Å²) >= 11 is 3.44. The van der Waals surface area contributed by atoms with Gasteiger partial charge in [-0.3, -0.25) is 9.59 Å². The standard InChI is InChI=1S/C19H21BrN4O2/c1-11-8-15(18(25)21-6-7-24(2)3)17(22-11)10-14-13-9-12(20)4-5-16(13)23-19(14)26/h4-5,8-10,22H,6-7H2,1-3H3,(H,21,25)(H,23,26). The van der Waals surface area contributed by atoms with Crippen molar-refractivity contribution in [2.75, 3.05) is 32.5 Å². The van der Waals surface area contributed by atoms with Crippen LogP contribution in [0, 0.1) is 6.92 Å². The Kier molecular flexibility index (Phi) is 5.29. The third-order valence-electron chi connectivity index (χ3n) is 4.13. The van der Waals surface area contributed by atoms with E-state index in [1.807, 2.05) is 44.1 Å². The maximum absolute atomic E-state index is 12.5. The molecule has 1 aliphatic rings. The molecule has 1 aromatic heterocycles. The first-order valence-corrected chi connectivity index (χ1v) is 9.10. The molecule has 2 heterocycles. The number of aromatic nitrogens is 1. The van der Waals surface area contributed by atoms with Crippen LogP contribution < -0.4 is 10.6 Å². The molecule has 3 rings (SSSR count). The molecule has 0 saturated heterocycles. The van der Waals surface area contributed by atoms with Crippen molar-refractivity contribution in [1.29, 1.82) is 0 Å². The van der Waals surface area contributed by atoms with Crippen LogP contribution in [-0.2, 0) is 4.79 Å². The average Bonchev–Trinajstić information content (AvgIpc) is 3.08. The number of carbonyl (C=O) groups excluding carboxylic acids is 2. The fraction of sp³-hybridized carbons (Fsp3) is 0.263. The molecular formula is C19H21BrN4O2. The number of H-pyrrole nitrogens is 1. The molecule has 0 fully saturated rings. The highest BCUT2D eigenvalue weighted by atomic mass is 79.9. The number of hydrogen-bond acceptors (Lipinski definition) is 3. The van der Waals surface area contributed by atoms with Crippen LogP contribution in [0.25, 0.3) is 11.6 Å². The summed E-state index contributed by atoms with van der Waals surface area (Å²) < 4.78 is 0.892. The lowest BCUT2D eigenvalue weighted by Crippen LogP contribution is -2.31. The average molecular weight is 417 g/mol. The van der Waals surface area contributed by atoms with Crippen LogP contribution in [0.5, 0.6) is 0 Å². The minimum atomic E-state index is -0.177. The molecule has 0 spiro atoms. The summed E-state index contributed by atoms with van der Waals surface area (Å²) in [5, 5.41) is 5.76. The van der Waals surface area contributed by atoms with Crippen molar-refractivity contribution in [3.63, 3.8) is 0 Å². The van der Waals surface area contributed by atoms with E-state index < -0.39 is 0 Å². The van der Waals surface area contributed by atoms with Gasteiger partial charge in [0.1, 0.15) is 0 Å². The molecule has 0 radical (unpaired) electrons. The van der Waals surface area contributed by atoms with Crippen LogP contribution in [0.1, 0.15) is 27.3 Å². The van der Waals surface area contributed by atoms with Crippen LogP contribution in [0.3, 0.4) is 0 Å². The number of hydrogen-bond donors (Lipinski definition) is 3. The molecule has 136 valence electrons. The second-order valence-electron chi connectivity index (χ2n) is 6.54. The van der Waals surface area contributed by atoms with Crippen molar-refractivity contribution in [2.24, 2.45) is 0 Å². The highest BCUT2D eigenvalue weighted by Crippen LogP contribution is 2.35. The third kappa shape index (κ3) is 3.89. The van der Waals surface area contributed by atoms with Gasteiger partial charge in [-0.1, -0.05) is 15.9 Å². The van der Waals surface area contributed by atoms with Crippen molar-refractivity contribution in [1.82, 2.24) is 15.2 Å². The van der Waals surface area contributed by atoms with E-state index >= 15 is 0 Å². The zero-order valence-corrected chi connectivity index (χ0v) is 16.5. The number of likely N-dealkylation sites (N-methyl/N-ethyl adjacent to an activating group) is 1. The molecule has 0 bridgehead atoms. The van der Waals surface area contributed by atoms with E-state index in [0.29, 0.717) is 23.4 Å². The van der Waals surface area contributed by atoms with E-state index in [-0.39, 0.29) is 11.8 Å². The number of carbonyl (C=O) groups is 2. The van der Waals surface area contributed by atoms with Gasteiger partial charge >= 0.3 is 0 Å². The summed E-state index contributed by atoms with van der Waals surface area (Å²) in [4.78, 5) is 30.1. The fourth-order valence-electron chi connectivity index (χ4n) is 2.85. The largest absolute Gasteiger partial charge is 0.358 e. The molecule has 0 unspecified atom stereocenters. The topological polar surface area (TPSA) is 77.2 Å². The minimum Gasteiger partial charge on any atom is -0.358 e. The summed E-state index contributed by atoms with van der Waals surface area (Å²) in [6.07, 6.45) is 1.74. The molecule has 1 aliphatic heterocycles. The predicted molar refractivity (Wildman–Crippen MR) is 107 cm³/mol. The molecule has 0 aliphatic carbocycles. The molecule has 2 aromatic rings. The Morgan fingerprint density at radius 2 is 2.08 bits per heavy atom. The lowest BCUT2D eigenvalue weighted by atomic mass is 10.0. The number of nitrogens with one attached hydrogen (secondary N) is 3.